The SMILES string of the molecule is Cc1nn(C)c(C)c1NC(=O)c1nn(C)c(=O)c2ccccc12. The van der Waals surface area contributed by atoms with Gasteiger partial charge in [0.25, 0.3) is 11.5 Å². The Morgan fingerprint density at radius 2 is 1.70 bits per heavy atom. The molecule has 1 N–H and O–H groups in total. The third-order valence-corrected chi connectivity index (χ3v) is 3.92. The molecule has 0 saturated carbocycles. The number of aryl methyl sites for hydroxylation is 3. The highest BCUT2D eigenvalue weighted by atomic mass is 16.2. The first-order valence-corrected chi connectivity index (χ1v) is 7.17. The lowest BCUT2D eigenvalue weighted by atomic mass is 10.1. The molecular weight excluding hydrogens is 294 g/mol. The van der Waals surface area contributed by atoms with Crippen LogP contribution >= 0.6 is 0 Å². The number of carbonyl (C=O) groups is 1. The van der Waals surface area contributed by atoms with Crippen LogP contribution in [0.5, 0.6) is 0 Å². The van der Waals surface area contributed by atoms with Crippen LogP contribution < -0.4 is 10.9 Å². The van der Waals surface area contributed by atoms with Crippen LogP contribution in [0, 0.1) is 13.8 Å². The zero-order valence-corrected chi connectivity index (χ0v) is 13.4. The average molecular weight is 311 g/mol. The molecule has 7 nitrogen and oxygen atoms in total. The van der Waals surface area contributed by atoms with E-state index in [1.165, 1.54) is 11.7 Å². The molecule has 118 valence electrons. The van der Waals surface area contributed by atoms with Crippen molar-refractivity contribution in [2.24, 2.45) is 14.1 Å². The van der Waals surface area contributed by atoms with Gasteiger partial charge in [0.1, 0.15) is 0 Å². The molecule has 0 unspecified atom stereocenters. The molecule has 0 aliphatic rings. The Morgan fingerprint density at radius 3 is 2.30 bits per heavy atom. The summed E-state index contributed by atoms with van der Waals surface area (Å²) in [5, 5.41) is 12.3. The number of benzene rings is 1. The van der Waals surface area contributed by atoms with Gasteiger partial charge < -0.3 is 5.32 Å². The van der Waals surface area contributed by atoms with Crippen LogP contribution in [0.25, 0.3) is 10.8 Å². The van der Waals surface area contributed by atoms with Gasteiger partial charge in [-0.1, -0.05) is 18.2 Å². The summed E-state index contributed by atoms with van der Waals surface area (Å²) >= 11 is 0. The van der Waals surface area contributed by atoms with E-state index < -0.39 is 0 Å². The van der Waals surface area contributed by atoms with Crippen LogP contribution in [0.4, 0.5) is 5.69 Å². The summed E-state index contributed by atoms with van der Waals surface area (Å²) in [6.07, 6.45) is 0. The van der Waals surface area contributed by atoms with Gasteiger partial charge in [-0.15, -0.1) is 0 Å². The Morgan fingerprint density at radius 1 is 1.04 bits per heavy atom. The maximum Gasteiger partial charge on any atom is 0.276 e. The standard InChI is InChI=1S/C16H17N5O2/c1-9-13(10(2)20(3)18-9)17-15(22)14-11-7-5-6-8-12(11)16(23)21(4)19-14/h5-8H,1-4H3,(H,17,22). The Labute approximate surface area is 132 Å². The topological polar surface area (TPSA) is 81.8 Å². The number of nitrogens with zero attached hydrogens (tertiary/aromatic N) is 4. The third-order valence-electron chi connectivity index (χ3n) is 3.92. The lowest BCUT2D eigenvalue weighted by Crippen LogP contribution is -2.25. The van der Waals surface area contributed by atoms with Crippen molar-refractivity contribution in [3.05, 3.63) is 51.7 Å². The Kier molecular flexibility index (Phi) is 3.48. The molecule has 3 rings (SSSR count). The normalized spacial score (nSPS) is 11.0. The monoisotopic (exact) mass is 311 g/mol. The van der Waals surface area contributed by atoms with Gasteiger partial charge in [-0.25, -0.2) is 4.68 Å². The van der Waals surface area contributed by atoms with Crippen LogP contribution in [-0.4, -0.2) is 25.5 Å². The number of carbonyl (C=O) groups excluding carboxylic acids is 1. The number of aromatic nitrogens is 4. The Hall–Kier alpha value is -2.96. The minimum Gasteiger partial charge on any atom is -0.317 e. The van der Waals surface area contributed by atoms with Crippen molar-refractivity contribution >= 4 is 22.4 Å². The fourth-order valence-corrected chi connectivity index (χ4v) is 2.59. The van der Waals surface area contributed by atoms with E-state index >= 15 is 0 Å². The highest BCUT2D eigenvalue weighted by Crippen LogP contribution is 2.20. The molecule has 0 bridgehead atoms. The highest BCUT2D eigenvalue weighted by Gasteiger charge is 2.18. The molecular formula is C16H17N5O2. The lowest BCUT2D eigenvalue weighted by Gasteiger charge is -2.09. The first kappa shape index (κ1) is 15.0. The van der Waals surface area contributed by atoms with Gasteiger partial charge in [-0.05, 0) is 19.9 Å². The first-order chi connectivity index (χ1) is 10.9. The molecule has 3 aromatic rings. The van der Waals surface area contributed by atoms with Crippen molar-refractivity contribution < 1.29 is 4.79 Å². The van der Waals surface area contributed by atoms with Gasteiger partial charge in [0.05, 0.1) is 22.5 Å². The van der Waals surface area contributed by atoms with E-state index in [4.69, 9.17) is 0 Å². The van der Waals surface area contributed by atoms with Gasteiger partial charge >= 0.3 is 0 Å². The van der Waals surface area contributed by atoms with E-state index in [0.717, 1.165) is 11.4 Å². The zero-order valence-electron chi connectivity index (χ0n) is 13.4. The molecule has 23 heavy (non-hydrogen) atoms. The molecule has 1 aromatic carbocycles. The van der Waals surface area contributed by atoms with E-state index in [1.54, 1.807) is 28.9 Å². The molecule has 0 aliphatic heterocycles. The van der Waals surface area contributed by atoms with E-state index in [9.17, 15) is 9.59 Å². The second kappa shape index (κ2) is 5.35. The molecule has 2 heterocycles. The van der Waals surface area contributed by atoms with Crippen LogP contribution in [0.3, 0.4) is 0 Å². The van der Waals surface area contributed by atoms with Gasteiger partial charge in [-0.3, -0.25) is 14.3 Å². The summed E-state index contributed by atoms with van der Waals surface area (Å²) in [5.74, 6) is -0.365. The van der Waals surface area contributed by atoms with Gasteiger partial charge in [0.15, 0.2) is 5.69 Å². The minimum absolute atomic E-state index is 0.213. The number of amides is 1. The van der Waals surface area contributed by atoms with Gasteiger partial charge in [0.2, 0.25) is 0 Å². The number of anilines is 1. The van der Waals surface area contributed by atoms with E-state index in [-0.39, 0.29) is 17.2 Å². The van der Waals surface area contributed by atoms with Crippen molar-refractivity contribution in [2.45, 2.75) is 13.8 Å². The average Bonchev–Trinajstić information content (AvgIpc) is 2.77. The summed E-state index contributed by atoms with van der Waals surface area (Å²) in [5.41, 5.74) is 2.23. The Balaban J connectivity index is 2.12. The highest BCUT2D eigenvalue weighted by molar-refractivity contribution is 6.11. The predicted molar refractivity (Wildman–Crippen MR) is 87.6 cm³/mol. The number of hydrogen-bond donors (Lipinski definition) is 1. The molecule has 0 radical (unpaired) electrons. The summed E-state index contributed by atoms with van der Waals surface area (Å²) in [6.45, 7) is 3.71. The lowest BCUT2D eigenvalue weighted by molar-refractivity contribution is 0.102. The second-order valence-corrected chi connectivity index (χ2v) is 5.45. The smallest absolute Gasteiger partial charge is 0.276 e. The fraction of sp³-hybridized carbons (Fsp3) is 0.250. The predicted octanol–water partition coefficient (Wildman–Crippen LogP) is 1.54. The Bertz CT molecular complexity index is 984. The van der Waals surface area contributed by atoms with Gasteiger partial charge in [0, 0.05) is 19.5 Å². The summed E-state index contributed by atoms with van der Waals surface area (Å²) in [7, 11) is 3.35. The van der Waals surface area contributed by atoms with E-state index in [2.05, 4.69) is 15.5 Å². The van der Waals surface area contributed by atoms with Crippen LogP contribution in [0.1, 0.15) is 21.9 Å². The molecule has 0 atom stereocenters. The summed E-state index contributed by atoms with van der Waals surface area (Å²) < 4.78 is 2.89. The first-order valence-electron chi connectivity index (χ1n) is 7.17. The minimum atomic E-state index is -0.365. The van der Waals surface area contributed by atoms with Crippen LogP contribution in [-0.2, 0) is 14.1 Å². The molecule has 2 aromatic heterocycles. The second-order valence-electron chi connectivity index (χ2n) is 5.45. The summed E-state index contributed by atoms with van der Waals surface area (Å²) in [4.78, 5) is 24.8. The fourth-order valence-electron chi connectivity index (χ4n) is 2.59. The van der Waals surface area contributed by atoms with Crippen molar-refractivity contribution in [1.82, 2.24) is 19.6 Å². The number of hydrogen-bond acceptors (Lipinski definition) is 4. The maximum absolute atomic E-state index is 12.7. The third kappa shape index (κ3) is 2.40. The van der Waals surface area contributed by atoms with Crippen LogP contribution in [0.15, 0.2) is 29.1 Å². The molecule has 0 saturated heterocycles. The molecule has 7 heteroatoms. The summed E-state index contributed by atoms with van der Waals surface area (Å²) in [6, 6.07) is 6.96. The van der Waals surface area contributed by atoms with Crippen molar-refractivity contribution in [1.29, 1.82) is 0 Å². The van der Waals surface area contributed by atoms with Crippen molar-refractivity contribution in [2.75, 3.05) is 5.32 Å². The quantitative estimate of drug-likeness (QED) is 0.778. The molecule has 1 amide bonds. The number of nitrogens with one attached hydrogen (secondary N) is 1. The molecule has 0 spiro atoms. The van der Waals surface area contributed by atoms with Gasteiger partial charge in [-0.2, -0.15) is 10.2 Å². The zero-order chi connectivity index (χ0) is 16.7. The van der Waals surface area contributed by atoms with E-state index in [0.29, 0.717) is 16.5 Å². The number of fused-ring (bicyclic) bond motifs is 1. The van der Waals surface area contributed by atoms with Crippen molar-refractivity contribution in [3.8, 4) is 0 Å². The van der Waals surface area contributed by atoms with Crippen molar-refractivity contribution in [3.63, 3.8) is 0 Å². The van der Waals surface area contributed by atoms with Crippen LogP contribution in [0.2, 0.25) is 0 Å². The van der Waals surface area contributed by atoms with E-state index in [1.807, 2.05) is 20.9 Å². The molecule has 0 fully saturated rings. The maximum atomic E-state index is 12.7. The molecule has 0 aliphatic carbocycles. The largest absolute Gasteiger partial charge is 0.317 e. The number of rotatable bonds is 2.